The van der Waals surface area contributed by atoms with Gasteiger partial charge in [-0.05, 0) is 6.92 Å². The number of aromatic nitrogens is 4. The van der Waals surface area contributed by atoms with Crippen molar-refractivity contribution < 1.29 is 14.3 Å². The first-order chi connectivity index (χ1) is 9.62. The predicted molar refractivity (Wildman–Crippen MR) is 70.7 cm³/mol. The molecule has 0 saturated carbocycles. The van der Waals surface area contributed by atoms with Crippen molar-refractivity contribution in [3.63, 3.8) is 0 Å². The fraction of sp³-hybridized carbons (Fsp3) is 0.333. The highest BCUT2D eigenvalue weighted by Crippen LogP contribution is 2.17. The van der Waals surface area contributed by atoms with Crippen LogP contribution in [0.25, 0.3) is 0 Å². The molecule has 8 nitrogen and oxygen atoms in total. The number of carbonyl (C=O) groups is 1. The van der Waals surface area contributed by atoms with E-state index in [1.807, 2.05) is 6.92 Å². The average molecular weight is 277 g/mol. The molecule has 8 heteroatoms. The molecule has 2 aromatic rings. The van der Waals surface area contributed by atoms with Gasteiger partial charge in [0.1, 0.15) is 12.4 Å². The lowest BCUT2D eigenvalue weighted by Crippen LogP contribution is -2.20. The third-order valence-corrected chi connectivity index (χ3v) is 2.59. The van der Waals surface area contributed by atoms with E-state index in [-0.39, 0.29) is 18.4 Å². The molecular weight excluding hydrogens is 262 g/mol. The average Bonchev–Trinajstić information content (AvgIpc) is 2.83. The van der Waals surface area contributed by atoms with Crippen molar-refractivity contribution in [3.05, 3.63) is 24.3 Å². The monoisotopic (exact) mass is 277 g/mol. The summed E-state index contributed by atoms with van der Waals surface area (Å²) in [5.41, 5.74) is 0. The zero-order valence-corrected chi connectivity index (χ0v) is 11.5. The Morgan fingerprint density at radius 1 is 1.30 bits per heavy atom. The van der Waals surface area contributed by atoms with Crippen LogP contribution in [0.4, 0.5) is 5.95 Å². The first kappa shape index (κ1) is 13.8. The summed E-state index contributed by atoms with van der Waals surface area (Å²) < 4.78 is 11.7. The molecular formula is C12H15N5O3. The molecule has 106 valence electrons. The van der Waals surface area contributed by atoms with Gasteiger partial charge in [-0.3, -0.25) is 10.1 Å². The number of imidazole rings is 1. The number of nitrogens with zero attached hydrogens (tertiary/aromatic N) is 4. The van der Waals surface area contributed by atoms with E-state index in [1.54, 1.807) is 17.0 Å². The van der Waals surface area contributed by atoms with Gasteiger partial charge in [0.15, 0.2) is 0 Å². The highest BCUT2D eigenvalue weighted by Gasteiger charge is 2.10. The molecule has 0 unspecified atom stereocenters. The number of amides is 1. The van der Waals surface area contributed by atoms with Gasteiger partial charge >= 0.3 is 0 Å². The minimum atomic E-state index is -0.263. The lowest BCUT2D eigenvalue weighted by atomic mass is 10.5. The summed E-state index contributed by atoms with van der Waals surface area (Å²) in [6.07, 6.45) is 3.36. The standard InChI is InChI=1S/C12H15N5O3/c1-8-13-4-5-17(8)7-9(18)14-12-15-10(19-2)6-11(16-12)20-3/h4-6H,7H2,1-3H3,(H,14,15,16,18). The van der Waals surface area contributed by atoms with Gasteiger partial charge < -0.3 is 14.0 Å². The van der Waals surface area contributed by atoms with Crippen molar-refractivity contribution in [1.29, 1.82) is 0 Å². The van der Waals surface area contributed by atoms with Crippen LogP contribution in [0.2, 0.25) is 0 Å². The van der Waals surface area contributed by atoms with E-state index in [9.17, 15) is 4.79 Å². The van der Waals surface area contributed by atoms with Gasteiger partial charge in [-0.2, -0.15) is 9.97 Å². The van der Waals surface area contributed by atoms with Gasteiger partial charge in [-0.15, -0.1) is 0 Å². The second-order valence-corrected chi connectivity index (χ2v) is 3.93. The quantitative estimate of drug-likeness (QED) is 0.862. The van der Waals surface area contributed by atoms with Gasteiger partial charge in [0, 0.05) is 12.4 Å². The molecule has 2 aromatic heterocycles. The van der Waals surface area contributed by atoms with E-state index in [1.165, 1.54) is 20.3 Å². The fourth-order valence-electron chi connectivity index (χ4n) is 1.56. The molecule has 1 N–H and O–H groups in total. The maximum Gasteiger partial charge on any atom is 0.246 e. The van der Waals surface area contributed by atoms with E-state index in [2.05, 4.69) is 20.3 Å². The van der Waals surface area contributed by atoms with E-state index < -0.39 is 0 Å². The summed E-state index contributed by atoms with van der Waals surface area (Å²) in [4.78, 5) is 24.0. The van der Waals surface area contributed by atoms with Gasteiger partial charge in [-0.1, -0.05) is 0 Å². The Labute approximate surface area is 115 Å². The van der Waals surface area contributed by atoms with Crippen LogP contribution in [0.3, 0.4) is 0 Å². The van der Waals surface area contributed by atoms with Gasteiger partial charge in [0.2, 0.25) is 23.6 Å². The van der Waals surface area contributed by atoms with E-state index in [4.69, 9.17) is 9.47 Å². The van der Waals surface area contributed by atoms with Crippen LogP contribution < -0.4 is 14.8 Å². The highest BCUT2D eigenvalue weighted by molar-refractivity contribution is 5.88. The summed E-state index contributed by atoms with van der Waals surface area (Å²) in [6, 6.07) is 1.52. The second-order valence-electron chi connectivity index (χ2n) is 3.93. The number of methoxy groups -OCH3 is 2. The molecule has 0 atom stereocenters. The molecule has 0 fully saturated rings. The third-order valence-electron chi connectivity index (χ3n) is 2.59. The predicted octanol–water partition coefficient (Wildman–Crippen LogP) is 0.637. The highest BCUT2D eigenvalue weighted by atomic mass is 16.5. The van der Waals surface area contributed by atoms with Gasteiger partial charge in [0.05, 0.1) is 20.3 Å². The summed E-state index contributed by atoms with van der Waals surface area (Å²) in [6.45, 7) is 1.95. The topological polar surface area (TPSA) is 91.2 Å². The SMILES string of the molecule is COc1cc(OC)nc(NC(=O)Cn2ccnc2C)n1. The number of aryl methyl sites for hydroxylation is 1. The smallest absolute Gasteiger partial charge is 0.246 e. The second kappa shape index (κ2) is 6.00. The first-order valence-corrected chi connectivity index (χ1v) is 5.87. The molecule has 0 aliphatic rings. The largest absolute Gasteiger partial charge is 0.481 e. The van der Waals surface area contributed by atoms with Crippen LogP contribution >= 0.6 is 0 Å². The van der Waals surface area contributed by atoms with Crippen molar-refractivity contribution in [2.45, 2.75) is 13.5 Å². The van der Waals surface area contributed by atoms with E-state index >= 15 is 0 Å². The Morgan fingerprint density at radius 2 is 1.95 bits per heavy atom. The van der Waals surface area contributed by atoms with Crippen LogP contribution in [-0.4, -0.2) is 39.6 Å². The molecule has 0 bridgehead atoms. The summed E-state index contributed by atoms with van der Waals surface area (Å²) in [5, 5.41) is 2.59. The number of hydrogen-bond donors (Lipinski definition) is 1. The van der Waals surface area contributed by atoms with Gasteiger partial charge in [-0.25, -0.2) is 4.98 Å². The number of hydrogen-bond acceptors (Lipinski definition) is 6. The van der Waals surface area contributed by atoms with Crippen molar-refractivity contribution >= 4 is 11.9 Å². The Hall–Kier alpha value is -2.64. The Kier molecular flexibility index (Phi) is 4.14. The zero-order valence-electron chi connectivity index (χ0n) is 11.5. The Morgan fingerprint density at radius 3 is 2.45 bits per heavy atom. The summed E-state index contributed by atoms with van der Waals surface area (Å²) >= 11 is 0. The number of rotatable bonds is 5. The van der Waals surface area contributed by atoms with E-state index in [0.717, 1.165) is 5.82 Å². The minimum Gasteiger partial charge on any atom is -0.481 e. The lowest BCUT2D eigenvalue weighted by Gasteiger charge is -2.08. The van der Waals surface area contributed by atoms with Crippen LogP contribution in [0, 0.1) is 6.92 Å². The third kappa shape index (κ3) is 3.22. The van der Waals surface area contributed by atoms with Crippen molar-refractivity contribution in [1.82, 2.24) is 19.5 Å². The molecule has 20 heavy (non-hydrogen) atoms. The molecule has 2 rings (SSSR count). The normalized spacial score (nSPS) is 10.2. The number of ether oxygens (including phenoxy) is 2. The minimum absolute atomic E-state index is 0.129. The number of anilines is 1. The van der Waals surface area contributed by atoms with Crippen LogP contribution in [0.15, 0.2) is 18.5 Å². The molecule has 2 heterocycles. The molecule has 0 saturated heterocycles. The molecule has 0 spiro atoms. The summed E-state index contributed by atoms with van der Waals surface area (Å²) in [5.74, 6) is 1.24. The molecule has 0 aromatic carbocycles. The molecule has 0 aliphatic heterocycles. The molecule has 1 amide bonds. The van der Waals surface area contributed by atoms with Crippen LogP contribution in [0.1, 0.15) is 5.82 Å². The van der Waals surface area contributed by atoms with Gasteiger partial charge in [0.25, 0.3) is 0 Å². The number of nitrogens with one attached hydrogen (secondary N) is 1. The van der Waals surface area contributed by atoms with Crippen molar-refractivity contribution in [2.24, 2.45) is 0 Å². The van der Waals surface area contributed by atoms with Crippen LogP contribution in [-0.2, 0) is 11.3 Å². The molecule has 0 radical (unpaired) electrons. The maximum absolute atomic E-state index is 11.9. The lowest BCUT2D eigenvalue weighted by molar-refractivity contribution is -0.116. The molecule has 0 aliphatic carbocycles. The Bertz CT molecular complexity index is 589. The van der Waals surface area contributed by atoms with Crippen molar-refractivity contribution in [3.8, 4) is 11.8 Å². The van der Waals surface area contributed by atoms with E-state index in [0.29, 0.717) is 11.8 Å². The van der Waals surface area contributed by atoms with Crippen molar-refractivity contribution in [2.75, 3.05) is 19.5 Å². The Balaban J connectivity index is 2.09. The first-order valence-electron chi connectivity index (χ1n) is 5.87. The fourth-order valence-corrected chi connectivity index (χ4v) is 1.56. The maximum atomic E-state index is 11.9. The summed E-state index contributed by atoms with van der Waals surface area (Å²) in [7, 11) is 2.95. The zero-order chi connectivity index (χ0) is 14.5. The number of carbonyl (C=O) groups excluding carboxylic acids is 1. The van der Waals surface area contributed by atoms with Crippen LogP contribution in [0.5, 0.6) is 11.8 Å².